The molecule has 0 spiro atoms. The molecule has 0 heterocycles. The van der Waals surface area contributed by atoms with Gasteiger partial charge in [-0.15, -0.1) is 0 Å². The van der Waals surface area contributed by atoms with E-state index in [1.807, 2.05) is 6.07 Å². The number of Topliss-reactive ketones (excluding diaryl/α,β-unsaturated/α-hetero) is 1. The van der Waals surface area contributed by atoms with Crippen LogP contribution in [0.15, 0.2) is 18.2 Å². The minimum atomic E-state index is -1.83. The lowest BCUT2D eigenvalue weighted by Crippen LogP contribution is -2.19. The van der Waals surface area contributed by atoms with Crippen molar-refractivity contribution in [2.24, 2.45) is 0 Å². The summed E-state index contributed by atoms with van der Waals surface area (Å²) in [6, 6.07) is 5.97. The second kappa shape index (κ2) is 5.76. The quantitative estimate of drug-likeness (QED) is 0.650. The highest BCUT2D eigenvalue weighted by Crippen LogP contribution is 2.24. The van der Waals surface area contributed by atoms with Gasteiger partial charge in [0.1, 0.15) is 0 Å². The summed E-state index contributed by atoms with van der Waals surface area (Å²) in [6.07, 6.45) is -1.83. The number of halogens is 1. The number of rotatable bonds is 4. The zero-order valence-corrected chi connectivity index (χ0v) is 11.0. The normalized spacial score (nSPS) is 13.4. The molecule has 0 saturated carbocycles. The second-order valence-corrected chi connectivity index (χ2v) is 4.98. The minimum Gasteiger partial charge on any atom is -0.479 e. The largest absolute Gasteiger partial charge is 0.479 e. The van der Waals surface area contributed by atoms with Crippen molar-refractivity contribution in [1.82, 2.24) is 0 Å². The van der Waals surface area contributed by atoms with Crippen molar-refractivity contribution in [2.45, 2.75) is 17.9 Å². The Morgan fingerprint density at radius 2 is 2.06 bits per heavy atom. The number of carboxylic acids is 1. The number of aliphatic hydroxyl groups excluding tert-OH is 1. The summed E-state index contributed by atoms with van der Waals surface area (Å²) in [5.41, 5.74) is -0.0822. The van der Waals surface area contributed by atoms with E-state index in [2.05, 4.69) is 15.9 Å². The number of carbonyl (C=O) groups excluding carboxylic acids is 1. The molecule has 18 heavy (non-hydrogen) atoms. The Morgan fingerprint density at radius 1 is 1.44 bits per heavy atom. The molecule has 5 nitrogen and oxygen atoms in total. The number of alkyl halides is 1. The molecule has 0 saturated heterocycles. The molecule has 2 atom stereocenters. The molecule has 0 aliphatic rings. The van der Waals surface area contributed by atoms with Gasteiger partial charge in [0.2, 0.25) is 0 Å². The van der Waals surface area contributed by atoms with Gasteiger partial charge in [0, 0.05) is 11.1 Å². The number of aliphatic hydroxyl groups is 1. The number of carbonyl (C=O) groups is 2. The van der Waals surface area contributed by atoms with Crippen LogP contribution in [0.4, 0.5) is 0 Å². The molecule has 6 heteroatoms. The number of ketones is 1. The molecule has 0 aromatic heterocycles. The van der Waals surface area contributed by atoms with E-state index in [9.17, 15) is 14.7 Å². The Balaban J connectivity index is 3.49. The summed E-state index contributed by atoms with van der Waals surface area (Å²) >= 11 is 3.07. The van der Waals surface area contributed by atoms with Gasteiger partial charge in [0.15, 0.2) is 11.9 Å². The van der Waals surface area contributed by atoms with Crippen molar-refractivity contribution in [3.05, 3.63) is 34.9 Å². The van der Waals surface area contributed by atoms with E-state index in [4.69, 9.17) is 10.4 Å². The van der Waals surface area contributed by atoms with Crippen LogP contribution in [0.3, 0.4) is 0 Å². The number of nitrogens with zero attached hydrogens (tertiary/aromatic N) is 1. The molecular formula is C12H10BrNO4. The maximum absolute atomic E-state index is 12.0. The molecule has 0 aliphatic carbocycles. The van der Waals surface area contributed by atoms with E-state index < -0.39 is 22.7 Å². The Kier molecular flexibility index (Phi) is 4.59. The topological polar surface area (TPSA) is 98.4 Å². The van der Waals surface area contributed by atoms with Crippen LogP contribution in [0, 0.1) is 11.3 Å². The molecule has 1 aromatic carbocycles. The Hall–Kier alpha value is -1.71. The lowest BCUT2D eigenvalue weighted by atomic mass is 9.93. The predicted octanol–water partition coefficient (Wildman–Crippen LogP) is 1.64. The molecule has 1 rings (SSSR count). The summed E-state index contributed by atoms with van der Waals surface area (Å²) in [6.45, 7) is 1.56. The fourth-order valence-corrected chi connectivity index (χ4v) is 1.73. The number of carboxylic acid groups (broad SMARTS) is 1. The lowest BCUT2D eigenvalue weighted by Gasteiger charge is -2.13. The molecule has 0 radical (unpaired) electrons. The van der Waals surface area contributed by atoms with Gasteiger partial charge in [0.25, 0.3) is 0 Å². The minimum absolute atomic E-state index is 0.0455. The average molecular weight is 312 g/mol. The highest BCUT2D eigenvalue weighted by molar-refractivity contribution is 9.10. The number of hydrogen-bond donors (Lipinski definition) is 2. The summed E-state index contributed by atoms with van der Waals surface area (Å²) < 4.78 is 0. The van der Waals surface area contributed by atoms with Crippen LogP contribution in [-0.4, -0.2) is 26.8 Å². The SMILES string of the molecule is CC(Br)C(=O)c1c(C#N)cccc1C(O)C(=O)O. The van der Waals surface area contributed by atoms with Gasteiger partial charge in [-0.05, 0) is 13.0 Å². The molecule has 0 fully saturated rings. The first-order chi connectivity index (χ1) is 8.40. The van der Waals surface area contributed by atoms with E-state index in [-0.39, 0.29) is 16.7 Å². The van der Waals surface area contributed by atoms with Crippen LogP contribution in [0.25, 0.3) is 0 Å². The van der Waals surface area contributed by atoms with E-state index >= 15 is 0 Å². The highest BCUT2D eigenvalue weighted by atomic mass is 79.9. The fraction of sp³-hybridized carbons (Fsp3) is 0.250. The second-order valence-electron chi connectivity index (χ2n) is 3.60. The monoisotopic (exact) mass is 311 g/mol. The third-order valence-corrected chi connectivity index (χ3v) is 2.77. The lowest BCUT2D eigenvalue weighted by molar-refractivity contribution is -0.146. The van der Waals surface area contributed by atoms with Gasteiger partial charge in [-0.1, -0.05) is 28.1 Å². The smallest absolute Gasteiger partial charge is 0.337 e. The van der Waals surface area contributed by atoms with Crippen LogP contribution >= 0.6 is 15.9 Å². The summed E-state index contributed by atoms with van der Waals surface area (Å²) in [7, 11) is 0. The first-order valence-corrected chi connectivity index (χ1v) is 5.93. The third kappa shape index (κ3) is 2.75. The summed E-state index contributed by atoms with van der Waals surface area (Å²) in [5.74, 6) is -1.91. The van der Waals surface area contributed by atoms with Crippen molar-refractivity contribution in [2.75, 3.05) is 0 Å². The number of aliphatic carboxylic acids is 1. The summed E-state index contributed by atoms with van der Waals surface area (Å²) in [4.78, 5) is 22.2. The van der Waals surface area contributed by atoms with Gasteiger partial charge < -0.3 is 10.2 Å². The molecule has 0 bridgehead atoms. The Bertz CT molecular complexity index is 533. The van der Waals surface area contributed by atoms with E-state index in [0.717, 1.165) is 0 Å². The standard InChI is InChI=1S/C12H10BrNO4/c1-6(13)10(15)9-7(5-14)3-2-4-8(9)11(16)12(17)18/h2-4,6,11,16H,1H3,(H,17,18). The van der Waals surface area contributed by atoms with Gasteiger partial charge in [0.05, 0.1) is 16.5 Å². The maximum Gasteiger partial charge on any atom is 0.337 e. The summed E-state index contributed by atoms with van der Waals surface area (Å²) in [5, 5.41) is 27.3. The zero-order chi connectivity index (χ0) is 13.9. The molecule has 0 amide bonds. The fourth-order valence-electron chi connectivity index (χ4n) is 1.50. The van der Waals surface area contributed by atoms with Gasteiger partial charge in [-0.2, -0.15) is 5.26 Å². The average Bonchev–Trinajstić information content (AvgIpc) is 2.35. The molecule has 2 unspecified atom stereocenters. The van der Waals surface area contributed by atoms with Crippen LogP contribution in [0.2, 0.25) is 0 Å². The molecule has 0 aliphatic heterocycles. The van der Waals surface area contributed by atoms with Crippen LogP contribution in [-0.2, 0) is 4.79 Å². The molecule has 1 aromatic rings. The van der Waals surface area contributed by atoms with Crippen molar-refractivity contribution in [3.8, 4) is 6.07 Å². The highest BCUT2D eigenvalue weighted by Gasteiger charge is 2.26. The number of hydrogen-bond acceptors (Lipinski definition) is 4. The first-order valence-electron chi connectivity index (χ1n) is 5.02. The number of benzene rings is 1. The molecular weight excluding hydrogens is 302 g/mol. The van der Waals surface area contributed by atoms with Gasteiger partial charge >= 0.3 is 5.97 Å². The van der Waals surface area contributed by atoms with Gasteiger partial charge in [-0.25, -0.2) is 4.79 Å². The molecule has 94 valence electrons. The van der Waals surface area contributed by atoms with Crippen LogP contribution in [0.5, 0.6) is 0 Å². The van der Waals surface area contributed by atoms with Crippen LogP contribution < -0.4 is 0 Å². The molecule has 2 N–H and O–H groups in total. The van der Waals surface area contributed by atoms with Crippen molar-refractivity contribution in [1.29, 1.82) is 5.26 Å². The van der Waals surface area contributed by atoms with Crippen molar-refractivity contribution in [3.63, 3.8) is 0 Å². The first kappa shape index (κ1) is 14.4. The van der Waals surface area contributed by atoms with Crippen LogP contribution in [0.1, 0.15) is 34.5 Å². The maximum atomic E-state index is 12.0. The third-order valence-electron chi connectivity index (χ3n) is 2.35. The van der Waals surface area contributed by atoms with Crippen molar-refractivity contribution < 1.29 is 19.8 Å². The zero-order valence-electron chi connectivity index (χ0n) is 9.42. The number of nitriles is 1. The van der Waals surface area contributed by atoms with E-state index in [0.29, 0.717) is 0 Å². The van der Waals surface area contributed by atoms with Gasteiger partial charge in [-0.3, -0.25) is 4.79 Å². The van der Waals surface area contributed by atoms with Crippen molar-refractivity contribution >= 4 is 27.7 Å². The van der Waals surface area contributed by atoms with E-state index in [1.165, 1.54) is 18.2 Å². The van der Waals surface area contributed by atoms with E-state index in [1.54, 1.807) is 6.92 Å². The predicted molar refractivity (Wildman–Crippen MR) is 66.5 cm³/mol. The Morgan fingerprint density at radius 3 is 2.50 bits per heavy atom. The Labute approximate surface area is 112 Å².